The molecule has 0 atom stereocenters. The number of halogens is 2. The Balaban J connectivity index is 3.49. The van der Waals surface area contributed by atoms with Gasteiger partial charge in [0.1, 0.15) is 4.90 Å². The van der Waals surface area contributed by atoms with Gasteiger partial charge < -0.3 is 4.74 Å². The van der Waals surface area contributed by atoms with Crippen LogP contribution in [0.15, 0.2) is 21.5 Å². The number of methoxy groups -OCH3 is 1. The predicted molar refractivity (Wildman–Crippen MR) is 75.8 cm³/mol. The Morgan fingerprint density at radius 3 is 2.33 bits per heavy atom. The van der Waals surface area contributed by atoms with Gasteiger partial charge in [-0.25, -0.2) is 8.42 Å². The first-order chi connectivity index (χ1) is 8.38. The molecular formula is C11H15BrClNO3S. The Hall–Kier alpha value is -0.300. The molecule has 0 saturated heterocycles. The van der Waals surface area contributed by atoms with Gasteiger partial charge in [-0.1, -0.05) is 25.4 Å². The average Bonchev–Trinajstić information content (AvgIpc) is 2.29. The molecule has 1 aromatic rings. The molecule has 0 spiro atoms. The highest BCUT2D eigenvalue weighted by Crippen LogP contribution is 2.36. The van der Waals surface area contributed by atoms with Crippen molar-refractivity contribution in [1.82, 2.24) is 4.31 Å². The summed E-state index contributed by atoms with van der Waals surface area (Å²) in [6.45, 7) is 4.36. The van der Waals surface area contributed by atoms with Crippen LogP contribution in [0.4, 0.5) is 0 Å². The standard InChI is InChI=1S/C11H15BrClNO3S/c1-4-14(5-2)18(15,16)10-7-8(13)6-9(12)11(10)17-3/h6-7H,4-5H2,1-3H3. The van der Waals surface area contributed by atoms with Gasteiger partial charge in [0, 0.05) is 18.1 Å². The third kappa shape index (κ3) is 2.99. The second-order valence-electron chi connectivity index (χ2n) is 3.51. The Morgan fingerprint density at radius 2 is 1.89 bits per heavy atom. The van der Waals surface area contributed by atoms with Gasteiger partial charge >= 0.3 is 0 Å². The molecule has 0 bridgehead atoms. The van der Waals surface area contributed by atoms with E-state index in [1.54, 1.807) is 19.9 Å². The lowest BCUT2D eigenvalue weighted by molar-refractivity contribution is 0.393. The third-order valence-electron chi connectivity index (χ3n) is 2.50. The molecule has 102 valence electrons. The first-order valence-corrected chi connectivity index (χ1v) is 8.02. The van der Waals surface area contributed by atoms with Crippen molar-refractivity contribution in [2.75, 3.05) is 20.2 Å². The van der Waals surface area contributed by atoms with Crippen molar-refractivity contribution in [3.8, 4) is 5.75 Å². The lowest BCUT2D eigenvalue weighted by Gasteiger charge is -2.20. The quantitative estimate of drug-likeness (QED) is 0.814. The van der Waals surface area contributed by atoms with Gasteiger partial charge in [-0.2, -0.15) is 4.31 Å². The summed E-state index contributed by atoms with van der Waals surface area (Å²) in [6.07, 6.45) is 0. The van der Waals surface area contributed by atoms with Crippen molar-refractivity contribution < 1.29 is 13.2 Å². The molecule has 0 saturated carbocycles. The van der Waals surface area contributed by atoms with E-state index in [1.807, 2.05) is 0 Å². The number of benzene rings is 1. The lowest BCUT2D eigenvalue weighted by Crippen LogP contribution is -2.31. The summed E-state index contributed by atoms with van der Waals surface area (Å²) in [4.78, 5) is 0.0769. The molecule has 1 aromatic carbocycles. The topological polar surface area (TPSA) is 46.6 Å². The van der Waals surface area contributed by atoms with E-state index in [-0.39, 0.29) is 10.6 Å². The Bertz CT molecular complexity index is 529. The van der Waals surface area contributed by atoms with Crippen LogP contribution in [0.5, 0.6) is 5.75 Å². The number of ether oxygens (including phenoxy) is 1. The van der Waals surface area contributed by atoms with Crippen molar-refractivity contribution in [1.29, 1.82) is 0 Å². The molecule has 0 aliphatic carbocycles. The number of hydrogen-bond acceptors (Lipinski definition) is 3. The highest BCUT2D eigenvalue weighted by molar-refractivity contribution is 9.10. The van der Waals surface area contributed by atoms with E-state index in [2.05, 4.69) is 15.9 Å². The maximum absolute atomic E-state index is 12.4. The number of nitrogens with zero attached hydrogens (tertiary/aromatic N) is 1. The highest BCUT2D eigenvalue weighted by atomic mass is 79.9. The number of sulfonamides is 1. The van der Waals surface area contributed by atoms with E-state index >= 15 is 0 Å². The molecule has 7 heteroatoms. The van der Waals surface area contributed by atoms with Gasteiger partial charge in [-0.3, -0.25) is 0 Å². The zero-order valence-electron chi connectivity index (χ0n) is 10.4. The normalized spacial score (nSPS) is 11.9. The van der Waals surface area contributed by atoms with E-state index in [9.17, 15) is 8.42 Å². The van der Waals surface area contributed by atoms with Gasteiger partial charge in [-0.05, 0) is 28.1 Å². The van der Waals surface area contributed by atoms with Crippen LogP contribution in [0.25, 0.3) is 0 Å². The molecule has 18 heavy (non-hydrogen) atoms. The van der Waals surface area contributed by atoms with Crippen LogP contribution in [0, 0.1) is 0 Å². The van der Waals surface area contributed by atoms with Gasteiger partial charge in [0.2, 0.25) is 10.0 Å². The van der Waals surface area contributed by atoms with Crippen molar-refractivity contribution in [2.45, 2.75) is 18.7 Å². The van der Waals surface area contributed by atoms with Crippen LogP contribution in [0.1, 0.15) is 13.8 Å². The van der Waals surface area contributed by atoms with Gasteiger partial charge in [0.05, 0.1) is 11.6 Å². The molecule has 4 nitrogen and oxygen atoms in total. The molecule has 0 heterocycles. The van der Waals surface area contributed by atoms with Crippen molar-refractivity contribution in [3.05, 3.63) is 21.6 Å². The minimum atomic E-state index is -3.60. The lowest BCUT2D eigenvalue weighted by atomic mass is 10.3. The SMILES string of the molecule is CCN(CC)S(=O)(=O)c1cc(Cl)cc(Br)c1OC. The molecule has 0 unspecified atom stereocenters. The van der Waals surface area contributed by atoms with Crippen LogP contribution in [-0.4, -0.2) is 32.9 Å². The maximum Gasteiger partial charge on any atom is 0.246 e. The van der Waals surface area contributed by atoms with Crippen LogP contribution in [0.3, 0.4) is 0 Å². The summed E-state index contributed by atoms with van der Waals surface area (Å²) in [5, 5.41) is 0.341. The summed E-state index contributed by atoms with van der Waals surface area (Å²) < 4.78 is 31.9. The maximum atomic E-state index is 12.4. The third-order valence-corrected chi connectivity index (χ3v) is 5.36. The highest BCUT2D eigenvalue weighted by Gasteiger charge is 2.27. The van der Waals surface area contributed by atoms with Crippen LogP contribution in [-0.2, 0) is 10.0 Å². The summed E-state index contributed by atoms with van der Waals surface area (Å²) >= 11 is 9.16. The fraction of sp³-hybridized carbons (Fsp3) is 0.455. The van der Waals surface area contributed by atoms with Crippen molar-refractivity contribution in [2.24, 2.45) is 0 Å². The average molecular weight is 357 g/mol. The summed E-state index contributed by atoms with van der Waals surface area (Å²) in [7, 11) is -2.17. The molecule has 0 aliphatic rings. The Morgan fingerprint density at radius 1 is 1.33 bits per heavy atom. The van der Waals surface area contributed by atoms with Crippen LogP contribution in [0.2, 0.25) is 5.02 Å². The Labute approximate surface area is 121 Å². The van der Waals surface area contributed by atoms with Crippen molar-refractivity contribution in [3.63, 3.8) is 0 Å². The first-order valence-electron chi connectivity index (χ1n) is 5.41. The predicted octanol–water partition coefficient (Wildman–Crippen LogP) is 3.14. The molecule has 0 aliphatic heterocycles. The van der Waals surface area contributed by atoms with Gasteiger partial charge in [-0.15, -0.1) is 0 Å². The molecule has 0 amide bonds. The van der Waals surface area contributed by atoms with Crippen LogP contribution < -0.4 is 4.74 Å². The van der Waals surface area contributed by atoms with E-state index in [4.69, 9.17) is 16.3 Å². The second kappa shape index (κ2) is 6.23. The molecular weight excluding hydrogens is 342 g/mol. The molecule has 1 rings (SSSR count). The van der Waals surface area contributed by atoms with E-state index in [1.165, 1.54) is 17.5 Å². The Kier molecular flexibility index (Phi) is 5.46. The largest absolute Gasteiger partial charge is 0.494 e. The monoisotopic (exact) mass is 355 g/mol. The van der Waals surface area contributed by atoms with Gasteiger partial charge in [0.15, 0.2) is 5.75 Å². The molecule has 0 radical (unpaired) electrons. The summed E-state index contributed by atoms with van der Waals surface area (Å²) in [5.41, 5.74) is 0. The smallest absolute Gasteiger partial charge is 0.246 e. The minimum absolute atomic E-state index is 0.0769. The zero-order chi connectivity index (χ0) is 13.9. The fourth-order valence-electron chi connectivity index (χ4n) is 1.63. The summed E-state index contributed by atoms with van der Waals surface area (Å²) in [6, 6.07) is 3.00. The zero-order valence-corrected chi connectivity index (χ0v) is 13.6. The number of hydrogen-bond donors (Lipinski definition) is 0. The van der Waals surface area contributed by atoms with Crippen LogP contribution >= 0.6 is 27.5 Å². The molecule has 0 N–H and O–H groups in total. The van der Waals surface area contributed by atoms with Crippen molar-refractivity contribution >= 4 is 37.6 Å². The molecule has 0 aromatic heterocycles. The van der Waals surface area contributed by atoms with Gasteiger partial charge in [0.25, 0.3) is 0 Å². The minimum Gasteiger partial charge on any atom is -0.494 e. The van der Waals surface area contributed by atoms with E-state index in [0.29, 0.717) is 22.6 Å². The van der Waals surface area contributed by atoms with E-state index in [0.717, 1.165) is 0 Å². The van der Waals surface area contributed by atoms with E-state index < -0.39 is 10.0 Å². The molecule has 0 fully saturated rings. The summed E-state index contributed by atoms with van der Waals surface area (Å²) in [5.74, 6) is 0.270. The first kappa shape index (κ1) is 15.8. The fourth-order valence-corrected chi connectivity index (χ4v) is 4.46. The number of rotatable bonds is 5. The second-order valence-corrected chi connectivity index (χ2v) is 6.71.